The minimum atomic E-state index is -0.267. The summed E-state index contributed by atoms with van der Waals surface area (Å²) in [7, 11) is 3.92. The maximum absolute atomic E-state index is 13.5. The molecular formula is C25H32N4O3. The van der Waals surface area contributed by atoms with Gasteiger partial charge in [-0.05, 0) is 52.5 Å². The summed E-state index contributed by atoms with van der Waals surface area (Å²) < 4.78 is 0. The van der Waals surface area contributed by atoms with Gasteiger partial charge in [0.15, 0.2) is 11.6 Å². The van der Waals surface area contributed by atoms with Crippen molar-refractivity contribution in [3.05, 3.63) is 58.7 Å². The number of β-amino-alcohol motifs (C(OH)–C–C–N with tert-alkyl or cyclic N) is 1. The Balaban J connectivity index is 1.65. The fourth-order valence-electron chi connectivity index (χ4n) is 4.43. The van der Waals surface area contributed by atoms with Crippen LogP contribution in [0.5, 0.6) is 0 Å². The Kier molecular flexibility index (Phi) is 6.60. The van der Waals surface area contributed by atoms with E-state index in [9.17, 15) is 14.7 Å². The summed E-state index contributed by atoms with van der Waals surface area (Å²) in [6, 6.07) is 10.8. The molecule has 1 fully saturated rings. The molecule has 2 unspecified atom stereocenters. The van der Waals surface area contributed by atoms with Gasteiger partial charge in [0.25, 0.3) is 0 Å². The number of rotatable bonds is 7. The molecule has 0 amide bonds. The first-order valence-corrected chi connectivity index (χ1v) is 11.3. The second kappa shape index (κ2) is 9.40. The first kappa shape index (κ1) is 22.5. The van der Waals surface area contributed by atoms with Gasteiger partial charge in [-0.15, -0.1) is 0 Å². The van der Waals surface area contributed by atoms with Gasteiger partial charge >= 0.3 is 0 Å². The largest absolute Gasteiger partial charge is 0.392 e. The van der Waals surface area contributed by atoms with Crippen molar-refractivity contribution in [2.24, 2.45) is 0 Å². The molecule has 170 valence electrons. The molecule has 1 aliphatic heterocycles. The third-order valence-corrected chi connectivity index (χ3v) is 6.44. The Bertz CT molecular complexity index is 1020. The van der Waals surface area contributed by atoms with Crippen LogP contribution in [0.25, 0.3) is 0 Å². The van der Waals surface area contributed by atoms with E-state index < -0.39 is 0 Å². The van der Waals surface area contributed by atoms with Gasteiger partial charge in [-0.1, -0.05) is 24.3 Å². The highest BCUT2D eigenvalue weighted by molar-refractivity contribution is 6.31. The number of nitrogens with zero attached hydrogens (tertiary/aromatic N) is 2. The number of ketones is 2. The summed E-state index contributed by atoms with van der Waals surface area (Å²) in [4.78, 5) is 31.2. The maximum atomic E-state index is 13.5. The molecule has 4 rings (SSSR count). The van der Waals surface area contributed by atoms with E-state index in [1.807, 2.05) is 38.1 Å². The molecule has 7 heteroatoms. The first-order valence-electron chi connectivity index (χ1n) is 11.3. The number of anilines is 2. The van der Waals surface area contributed by atoms with Crippen molar-refractivity contribution >= 4 is 22.9 Å². The van der Waals surface area contributed by atoms with Gasteiger partial charge in [-0.25, -0.2) is 0 Å². The lowest BCUT2D eigenvalue weighted by molar-refractivity contribution is 0.0730. The normalized spacial score (nSPS) is 19.5. The molecule has 0 spiro atoms. The van der Waals surface area contributed by atoms with Gasteiger partial charge < -0.3 is 15.7 Å². The van der Waals surface area contributed by atoms with Crippen LogP contribution >= 0.6 is 0 Å². The van der Waals surface area contributed by atoms with E-state index in [1.165, 1.54) is 0 Å². The van der Waals surface area contributed by atoms with Crippen molar-refractivity contribution < 1.29 is 14.7 Å². The van der Waals surface area contributed by atoms with E-state index in [2.05, 4.69) is 15.5 Å². The molecule has 1 heterocycles. The van der Waals surface area contributed by atoms with Crippen LogP contribution in [0.15, 0.2) is 36.4 Å². The van der Waals surface area contributed by atoms with Crippen LogP contribution in [0.3, 0.4) is 0 Å². The van der Waals surface area contributed by atoms with E-state index >= 15 is 0 Å². The summed E-state index contributed by atoms with van der Waals surface area (Å²) in [5, 5.41) is 16.7. The summed E-state index contributed by atoms with van der Waals surface area (Å²) >= 11 is 0. The topological polar surface area (TPSA) is 84.9 Å². The molecule has 7 nitrogen and oxygen atoms in total. The SMILES string of the molecule is CC(Nc1ccc(NCCN2CCCC(O)C2)c2c1C(=O)c1ccccc1C2=O)N(C)C. The zero-order valence-corrected chi connectivity index (χ0v) is 19.0. The van der Waals surface area contributed by atoms with E-state index in [0.717, 1.165) is 25.9 Å². The molecule has 2 aromatic rings. The Morgan fingerprint density at radius 2 is 1.69 bits per heavy atom. The Morgan fingerprint density at radius 1 is 1.06 bits per heavy atom. The molecule has 1 saturated heterocycles. The van der Waals surface area contributed by atoms with Crippen molar-refractivity contribution in [1.82, 2.24) is 9.80 Å². The fourth-order valence-corrected chi connectivity index (χ4v) is 4.43. The molecule has 0 bridgehead atoms. The third kappa shape index (κ3) is 4.41. The number of hydrogen-bond acceptors (Lipinski definition) is 7. The van der Waals surface area contributed by atoms with Gasteiger partial charge in [0.05, 0.1) is 23.4 Å². The highest BCUT2D eigenvalue weighted by atomic mass is 16.3. The number of hydrogen-bond donors (Lipinski definition) is 3. The average molecular weight is 437 g/mol. The highest BCUT2D eigenvalue weighted by Gasteiger charge is 2.34. The minimum absolute atomic E-state index is 0.0106. The number of benzene rings is 2. The maximum Gasteiger partial charge on any atom is 0.196 e. The molecule has 2 aromatic carbocycles. The van der Waals surface area contributed by atoms with E-state index in [0.29, 0.717) is 46.7 Å². The standard InChI is InChI=1S/C25H32N4O3/c1-16(28(2)3)27-21-11-10-20(26-12-14-29-13-6-7-17(30)15-29)22-23(21)25(32)19-9-5-4-8-18(19)24(22)31/h4-5,8-11,16-17,26-27,30H,6-7,12-15H2,1-3H3. The summed E-state index contributed by atoms with van der Waals surface area (Å²) in [5.41, 5.74) is 3.10. The lowest BCUT2D eigenvalue weighted by Gasteiger charge is -2.30. The smallest absolute Gasteiger partial charge is 0.196 e. The van der Waals surface area contributed by atoms with Gasteiger partial charge in [-0.2, -0.15) is 0 Å². The number of nitrogens with one attached hydrogen (secondary N) is 2. The van der Waals surface area contributed by atoms with Crippen molar-refractivity contribution in [2.75, 3.05) is 50.9 Å². The summed E-state index contributed by atoms with van der Waals surface area (Å²) in [6.45, 7) is 5.04. The van der Waals surface area contributed by atoms with Gasteiger partial charge in [0, 0.05) is 42.1 Å². The molecule has 2 atom stereocenters. The van der Waals surface area contributed by atoms with E-state index in [-0.39, 0.29) is 23.8 Å². The molecule has 1 aliphatic carbocycles. The summed E-state index contributed by atoms with van der Waals surface area (Å²) in [6.07, 6.45) is 1.57. The second-order valence-electron chi connectivity index (χ2n) is 8.92. The first-order chi connectivity index (χ1) is 15.4. The van der Waals surface area contributed by atoms with Gasteiger partial charge in [-0.3, -0.25) is 19.4 Å². The Morgan fingerprint density at radius 3 is 2.31 bits per heavy atom. The van der Waals surface area contributed by atoms with Crippen LogP contribution in [-0.2, 0) is 0 Å². The lowest BCUT2D eigenvalue weighted by atomic mass is 9.82. The molecule has 2 aliphatic rings. The average Bonchev–Trinajstić information content (AvgIpc) is 2.78. The number of likely N-dealkylation sites (tertiary alicyclic amines) is 1. The van der Waals surface area contributed by atoms with Crippen LogP contribution in [0.4, 0.5) is 11.4 Å². The number of aliphatic hydroxyl groups is 1. The quantitative estimate of drug-likeness (QED) is 0.491. The van der Waals surface area contributed by atoms with Crippen LogP contribution in [0, 0.1) is 0 Å². The van der Waals surface area contributed by atoms with Crippen molar-refractivity contribution in [3.63, 3.8) is 0 Å². The number of fused-ring (bicyclic) bond motifs is 2. The van der Waals surface area contributed by atoms with Gasteiger partial charge in [0.1, 0.15) is 0 Å². The van der Waals surface area contributed by atoms with Crippen LogP contribution < -0.4 is 10.6 Å². The molecular weight excluding hydrogens is 404 g/mol. The van der Waals surface area contributed by atoms with Crippen LogP contribution in [0.2, 0.25) is 0 Å². The number of aliphatic hydroxyl groups excluding tert-OH is 1. The third-order valence-electron chi connectivity index (χ3n) is 6.44. The van der Waals surface area contributed by atoms with Crippen LogP contribution in [-0.4, -0.2) is 79.0 Å². The van der Waals surface area contributed by atoms with E-state index in [1.54, 1.807) is 24.3 Å². The lowest BCUT2D eigenvalue weighted by Crippen LogP contribution is -2.40. The number of piperidine rings is 1. The van der Waals surface area contributed by atoms with Crippen molar-refractivity contribution in [1.29, 1.82) is 0 Å². The van der Waals surface area contributed by atoms with Gasteiger partial charge in [0.2, 0.25) is 0 Å². The molecule has 3 N–H and O–H groups in total. The monoisotopic (exact) mass is 436 g/mol. The predicted octanol–water partition coefficient (Wildman–Crippen LogP) is 2.65. The van der Waals surface area contributed by atoms with E-state index in [4.69, 9.17) is 0 Å². The summed E-state index contributed by atoms with van der Waals surface area (Å²) in [5.74, 6) is -0.265. The molecule has 0 radical (unpaired) electrons. The fraction of sp³-hybridized carbons (Fsp3) is 0.440. The van der Waals surface area contributed by atoms with Crippen molar-refractivity contribution in [3.8, 4) is 0 Å². The Labute approximate surface area is 189 Å². The molecule has 0 aromatic heterocycles. The minimum Gasteiger partial charge on any atom is -0.392 e. The number of carbonyl (C=O) groups excluding carboxylic acids is 2. The second-order valence-corrected chi connectivity index (χ2v) is 8.92. The van der Waals surface area contributed by atoms with Crippen LogP contribution in [0.1, 0.15) is 51.6 Å². The zero-order chi connectivity index (χ0) is 22.8. The zero-order valence-electron chi connectivity index (χ0n) is 19.0. The van der Waals surface area contributed by atoms with Crippen molar-refractivity contribution in [2.45, 2.75) is 32.0 Å². The highest BCUT2D eigenvalue weighted by Crippen LogP contribution is 2.36. The predicted molar refractivity (Wildman–Crippen MR) is 127 cm³/mol. The molecule has 0 saturated carbocycles. The molecule has 32 heavy (non-hydrogen) atoms. The number of carbonyl (C=O) groups is 2. The Hall–Kier alpha value is -2.74.